The molecule has 0 aliphatic carbocycles. The third-order valence-corrected chi connectivity index (χ3v) is 3.12. The van der Waals surface area contributed by atoms with Crippen LogP contribution in [0.5, 0.6) is 5.75 Å². The van der Waals surface area contributed by atoms with Crippen LogP contribution in [0.3, 0.4) is 0 Å². The van der Waals surface area contributed by atoms with Gasteiger partial charge in [-0.15, -0.1) is 0 Å². The van der Waals surface area contributed by atoms with Crippen molar-refractivity contribution in [3.8, 4) is 11.4 Å². The quantitative estimate of drug-likeness (QED) is 0.751. The Labute approximate surface area is 120 Å². The van der Waals surface area contributed by atoms with E-state index in [0.29, 0.717) is 11.5 Å². The third-order valence-electron chi connectivity index (χ3n) is 2.95. The van der Waals surface area contributed by atoms with Gasteiger partial charge < -0.3 is 10.1 Å². The van der Waals surface area contributed by atoms with Gasteiger partial charge in [-0.1, -0.05) is 0 Å². The lowest BCUT2D eigenvalue weighted by atomic mass is 10.3. The lowest BCUT2D eigenvalue weighted by Gasteiger charge is -2.06. The predicted octanol–water partition coefficient (Wildman–Crippen LogP) is 2.52. The van der Waals surface area contributed by atoms with Gasteiger partial charge in [0.05, 0.1) is 24.4 Å². The minimum atomic E-state index is 0.178. The smallest absolute Gasteiger partial charge is 0.226 e. The average molecular weight is 290 g/mol. The second kappa shape index (κ2) is 4.97. The van der Waals surface area contributed by atoms with Gasteiger partial charge in [-0.25, -0.2) is 4.68 Å². The number of rotatable bonds is 3. The maximum atomic E-state index is 5.94. The summed E-state index contributed by atoms with van der Waals surface area (Å²) in [6, 6.07) is 7.54. The van der Waals surface area contributed by atoms with E-state index in [1.165, 1.54) is 0 Å². The van der Waals surface area contributed by atoms with Crippen molar-refractivity contribution in [2.45, 2.75) is 0 Å². The Morgan fingerprint density at radius 3 is 2.60 bits per heavy atom. The van der Waals surface area contributed by atoms with Gasteiger partial charge in [0.25, 0.3) is 0 Å². The number of ether oxygens (including phenoxy) is 1. The largest absolute Gasteiger partial charge is 0.497 e. The van der Waals surface area contributed by atoms with Crippen LogP contribution < -0.4 is 10.1 Å². The highest BCUT2D eigenvalue weighted by Crippen LogP contribution is 2.24. The second-order valence-electron chi connectivity index (χ2n) is 4.08. The molecule has 2 aromatic heterocycles. The number of benzene rings is 1. The highest BCUT2D eigenvalue weighted by atomic mass is 35.5. The van der Waals surface area contributed by atoms with Crippen LogP contribution in [0.2, 0.25) is 5.28 Å². The van der Waals surface area contributed by atoms with E-state index < -0.39 is 0 Å². The molecule has 0 saturated heterocycles. The van der Waals surface area contributed by atoms with Crippen molar-refractivity contribution in [3.05, 3.63) is 35.7 Å². The van der Waals surface area contributed by atoms with Gasteiger partial charge in [-0.2, -0.15) is 15.1 Å². The van der Waals surface area contributed by atoms with E-state index in [2.05, 4.69) is 20.4 Å². The molecule has 0 saturated carbocycles. The first kappa shape index (κ1) is 12.7. The first-order valence-electron chi connectivity index (χ1n) is 5.96. The Morgan fingerprint density at radius 1 is 1.20 bits per heavy atom. The lowest BCUT2D eigenvalue weighted by molar-refractivity contribution is 0.414. The number of anilines is 1. The van der Waals surface area contributed by atoms with E-state index in [-0.39, 0.29) is 5.28 Å². The van der Waals surface area contributed by atoms with Crippen molar-refractivity contribution in [1.29, 1.82) is 0 Å². The molecule has 0 fully saturated rings. The Bertz CT molecular complexity index is 753. The van der Waals surface area contributed by atoms with Crippen LogP contribution in [0.1, 0.15) is 0 Å². The van der Waals surface area contributed by atoms with Crippen LogP contribution in [-0.2, 0) is 0 Å². The number of aromatic nitrogens is 4. The van der Waals surface area contributed by atoms with Crippen molar-refractivity contribution in [3.63, 3.8) is 0 Å². The number of hydrogen-bond donors (Lipinski definition) is 1. The molecule has 3 aromatic rings. The fraction of sp³-hybridized carbons (Fsp3) is 0.154. The van der Waals surface area contributed by atoms with E-state index in [1.54, 1.807) is 25.0 Å². The number of hydrogen-bond acceptors (Lipinski definition) is 5. The highest BCUT2D eigenvalue weighted by Gasteiger charge is 2.12. The Balaban J connectivity index is 2.18. The predicted molar refractivity (Wildman–Crippen MR) is 77.8 cm³/mol. The van der Waals surface area contributed by atoms with Gasteiger partial charge in [0, 0.05) is 7.05 Å². The third kappa shape index (κ3) is 2.04. The molecule has 0 amide bonds. The number of methoxy groups -OCH3 is 1. The van der Waals surface area contributed by atoms with E-state index in [1.807, 2.05) is 24.3 Å². The molecular formula is C13H12ClN5O. The second-order valence-corrected chi connectivity index (χ2v) is 4.42. The fourth-order valence-corrected chi connectivity index (χ4v) is 2.15. The van der Waals surface area contributed by atoms with Crippen LogP contribution in [0.4, 0.5) is 5.82 Å². The molecule has 0 unspecified atom stereocenters. The fourth-order valence-electron chi connectivity index (χ4n) is 1.98. The molecule has 6 nitrogen and oxygen atoms in total. The summed E-state index contributed by atoms with van der Waals surface area (Å²) in [5.41, 5.74) is 1.53. The van der Waals surface area contributed by atoms with E-state index >= 15 is 0 Å². The summed E-state index contributed by atoms with van der Waals surface area (Å²) in [7, 11) is 3.41. The maximum Gasteiger partial charge on any atom is 0.226 e. The molecule has 0 radical (unpaired) electrons. The van der Waals surface area contributed by atoms with Crippen LogP contribution in [-0.4, -0.2) is 33.9 Å². The summed E-state index contributed by atoms with van der Waals surface area (Å²) in [5, 5.41) is 8.32. The van der Waals surface area contributed by atoms with Crippen molar-refractivity contribution in [1.82, 2.24) is 19.7 Å². The van der Waals surface area contributed by atoms with E-state index in [4.69, 9.17) is 16.3 Å². The van der Waals surface area contributed by atoms with Gasteiger partial charge in [-0.05, 0) is 35.9 Å². The molecule has 102 valence electrons. The number of halogens is 1. The summed E-state index contributed by atoms with van der Waals surface area (Å²) < 4.78 is 6.85. The van der Waals surface area contributed by atoms with Crippen molar-refractivity contribution in [2.24, 2.45) is 0 Å². The monoisotopic (exact) mass is 289 g/mol. The zero-order valence-corrected chi connectivity index (χ0v) is 11.7. The summed E-state index contributed by atoms with van der Waals surface area (Å²) in [5.74, 6) is 1.44. The first-order chi connectivity index (χ1) is 9.72. The molecule has 2 heterocycles. The van der Waals surface area contributed by atoms with Gasteiger partial charge in [-0.3, -0.25) is 0 Å². The molecule has 20 heavy (non-hydrogen) atoms. The Hall–Kier alpha value is -2.34. The maximum absolute atomic E-state index is 5.94. The Morgan fingerprint density at radius 2 is 1.95 bits per heavy atom. The first-order valence-corrected chi connectivity index (χ1v) is 6.34. The molecule has 0 aliphatic rings. The number of fused-ring (bicyclic) bond motifs is 1. The standard InChI is InChI=1S/C13H12ClN5O/c1-15-11-10-7-16-19(12(10)18-13(14)17-11)8-3-5-9(20-2)6-4-8/h3-7H,1-2H3,(H,15,17,18). The normalized spacial score (nSPS) is 10.8. The summed E-state index contributed by atoms with van der Waals surface area (Å²) in [6.07, 6.45) is 1.71. The molecule has 0 aliphatic heterocycles. The molecule has 0 atom stereocenters. The molecule has 0 spiro atoms. The van der Waals surface area contributed by atoms with Crippen LogP contribution >= 0.6 is 11.6 Å². The van der Waals surface area contributed by atoms with Gasteiger partial charge in [0.15, 0.2) is 5.65 Å². The number of nitrogens with zero attached hydrogens (tertiary/aromatic N) is 4. The van der Waals surface area contributed by atoms with Crippen LogP contribution in [0.15, 0.2) is 30.5 Å². The van der Waals surface area contributed by atoms with Crippen molar-refractivity contribution >= 4 is 28.5 Å². The summed E-state index contributed by atoms with van der Waals surface area (Å²) in [4.78, 5) is 8.37. The summed E-state index contributed by atoms with van der Waals surface area (Å²) in [6.45, 7) is 0. The SMILES string of the molecule is CNc1nc(Cl)nc2c1cnn2-c1ccc(OC)cc1. The van der Waals surface area contributed by atoms with Crippen molar-refractivity contribution in [2.75, 3.05) is 19.5 Å². The van der Waals surface area contributed by atoms with E-state index in [0.717, 1.165) is 16.8 Å². The topological polar surface area (TPSA) is 64.9 Å². The molecular weight excluding hydrogens is 278 g/mol. The van der Waals surface area contributed by atoms with Gasteiger partial charge in [0.2, 0.25) is 5.28 Å². The zero-order valence-electron chi connectivity index (χ0n) is 11.0. The van der Waals surface area contributed by atoms with Crippen LogP contribution in [0.25, 0.3) is 16.7 Å². The van der Waals surface area contributed by atoms with E-state index in [9.17, 15) is 0 Å². The Kier molecular flexibility index (Phi) is 3.15. The van der Waals surface area contributed by atoms with Gasteiger partial charge >= 0.3 is 0 Å². The van der Waals surface area contributed by atoms with Gasteiger partial charge in [0.1, 0.15) is 11.6 Å². The molecule has 0 bridgehead atoms. The van der Waals surface area contributed by atoms with Crippen molar-refractivity contribution < 1.29 is 4.74 Å². The summed E-state index contributed by atoms with van der Waals surface area (Å²) >= 11 is 5.94. The average Bonchev–Trinajstić information content (AvgIpc) is 2.90. The molecule has 1 aromatic carbocycles. The number of nitrogens with one attached hydrogen (secondary N) is 1. The lowest BCUT2D eigenvalue weighted by Crippen LogP contribution is -2.00. The minimum Gasteiger partial charge on any atom is -0.497 e. The van der Waals surface area contributed by atoms with Crippen LogP contribution in [0, 0.1) is 0 Å². The minimum absolute atomic E-state index is 0.178. The zero-order chi connectivity index (χ0) is 14.1. The molecule has 1 N–H and O–H groups in total. The molecule has 7 heteroatoms. The molecule has 3 rings (SSSR count). The highest BCUT2D eigenvalue weighted by molar-refractivity contribution is 6.28.